The van der Waals surface area contributed by atoms with E-state index in [2.05, 4.69) is 10.1 Å². The molecule has 0 N–H and O–H groups in total. The van der Waals surface area contributed by atoms with Crippen LogP contribution in [0.2, 0.25) is 0 Å². The van der Waals surface area contributed by atoms with Gasteiger partial charge in [-0.2, -0.15) is 4.98 Å². The van der Waals surface area contributed by atoms with Crippen molar-refractivity contribution in [1.29, 1.82) is 0 Å². The molecule has 0 saturated carbocycles. The molecule has 0 fully saturated rings. The second-order valence-electron chi connectivity index (χ2n) is 9.91. The molecule has 2 aromatic carbocycles. The zero-order valence-corrected chi connectivity index (χ0v) is 21.9. The summed E-state index contributed by atoms with van der Waals surface area (Å²) in [6.45, 7) is 9.95. The van der Waals surface area contributed by atoms with Crippen LogP contribution >= 0.6 is 0 Å². The van der Waals surface area contributed by atoms with Gasteiger partial charge in [0, 0.05) is 35.9 Å². The molecule has 3 rings (SSSR count). The van der Waals surface area contributed by atoms with E-state index < -0.39 is 5.60 Å². The summed E-state index contributed by atoms with van der Waals surface area (Å²) >= 11 is 0. The average Bonchev–Trinajstić information content (AvgIpc) is 3.25. The summed E-state index contributed by atoms with van der Waals surface area (Å²) in [6, 6.07) is 10.2. The van der Waals surface area contributed by atoms with Crippen molar-refractivity contribution in [2.45, 2.75) is 59.5 Å². The highest BCUT2D eigenvalue weighted by molar-refractivity contribution is 5.72. The molecule has 0 amide bonds. The van der Waals surface area contributed by atoms with Crippen LogP contribution in [0.25, 0.3) is 22.8 Å². The largest absolute Gasteiger partial charge is 0.491 e. The first-order chi connectivity index (χ1) is 16.9. The van der Waals surface area contributed by atoms with Crippen molar-refractivity contribution in [1.82, 2.24) is 15.0 Å². The monoisotopic (exact) mass is 499 g/mol. The molecule has 0 bridgehead atoms. The van der Waals surface area contributed by atoms with Crippen LogP contribution in [0, 0.1) is 5.82 Å². The van der Waals surface area contributed by atoms with Crippen molar-refractivity contribution >= 4 is 5.97 Å². The van der Waals surface area contributed by atoms with E-state index in [4.69, 9.17) is 18.7 Å². The predicted octanol–water partition coefficient (Wildman–Crippen LogP) is 5.25. The number of ether oxygens (including phenoxy) is 3. The number of hydrogen-bond donors (Lipinski definition) is 0. The van der Waals surface area contributed by atoms with Crippen molar-refractivity contribution in [3.05, 3.63) is 53.3 Å². The van der Waals surface area contributed by atoms with Gasteiger partial charge in [-0.05, 0) is 78.1 Å². The molecule has 36 heavy (non-hydrogen) atoms. The zero-order chi connectivity index (χ0) is 26.5. The van der Waals surface area contributed by atoms with Gasteiger partial charge in [0.1, 0.15) is 17.2 Å². The van der Waals surface area contributed by atoms with E-state index in [-0.39, 0.29) is 31.0 Å². The van der Waals surface area contributed by atoms with Gasteiger partial charge in [-0.25, -0.2) is 4.39 Å². The minimum Gasteiger partial charge on any atom is -0.491 e. The lowest BCUT2D eigenvalue weighted by Crippen LogP contribution is -2.32. The van der Waals surface area contributed by atoms with Gasteiger partial charge in [0.2, 0.25) is 5.82 Å². The Bertz CT molecular complexity index is 1190. The molecule has 0 spiro atoms. The smallest absolute Gasteiger partial charge is 0.320 e. The molecule has 0 aliphatic carbocycles. The Kier molecular flexibility index (Phi) is 8.81. The van der Waals surface area contributed by atoms with Gasteiger partial charge in [-0.3, -0.25) is 9.69 Å². The second-order valence-corrected chi connectivity index (χ2v) is 9.91. The van der Waals surface area contributed by atoms with Gasteiger partial charge >= 0.3 is 5.97 Å². The molecule has 0 aliphatic heterocycles. The lowest BCUT2D eigenvalue weighted by atomic mass is 10.1. The SMILES string of the molecule is COCc1cc(-c2nc(-c3ccc(F)c(CN(C)CC(=O)OC(C)(C)C)c3)no2)ccc1OC(C)C. The summed E-state index contributed by atoms with van der Waals surface area (Å²) in [5.41, 5.74) is 2.01. The number of benzene rings is 2. The Balaban J connectivity index is 1.78. The van der Waals surface area contributed by atoms with Gasteiger partial charge in [0.15, 0.2) is 0 Å². The molecule has 194 valence electrons. The number of aromatic nitrogens is 2. The minimum absolute atomic E-state index is 0.0253. The molecule has 1 heterocycles. The highest BCUT2D eigenvalue weighted by Gasteiger charge is 2.19. The van der Waals surface area contributed by atoms with Crippen LogP contribution in [0.15, 0.2) is 40.9 Å². The van der Waals surface area contributed by atoms with Crippen LogP contribution in [0.4, 0.5) is 4.39 Å². The number of carbonyl (C=O) groups is 1. The number of esters is 1. The van der Waals surface area contributed by atoms with Crippen LogP contribution in [-0.4, -0.2) is 53.4 Å². The number of nitrogens with zero attached hydrogens (tertiary/aromatic N) is 3. The first-order valence-electron chi connectivity index (χ1n) is 11.8. The van der Waals surface area contributed by atoms with Crippen molar-refractivity contribution < 1.29 is 27.9 Å². The van der Waals surface area contributed by atoms with E-state index in [1.807, 2.05) is 32.0 Å². The predicted molar refractivity (Wildman–Crippen MR) is 134 cm³/mol. The van der Waals surface area contributed by atoms with E-state index in [0.717, 1.165) is 16.9 Å². The topological polar surface area (TPSA) is 86.9 Å². The van der Waals surface area contributed by atoms with Crippen LogP contribution in [0.5, 0.6) is 5.75 Å². The Labute approximate surface area is 211 Å². The minimum atomic E-state index is -0.578. The van der Waals surface area contributed by atoms with E-state index in [1.54, 1.807) is 52.0 Å². The molecule has 0 saturated heterocycles. The van der Waals surface area contributed by atoms with Gasteiger partial charge < -0.3 is 18.7 Å². The van der Waals surface area contributed by atoms with Crippen LogP contribution < -0.4 is 4.74 Å². The Hall–Kier alpha value is -3.30. The van der Waals surface area contributed by atoms with Crippen LogP contribution in [0.3, 0.4) is 0 Å². The summed E-state index contributed by atoms with van der Waals surface area (Å²) in [5.74, 6) is 0.628. The fraction of sp³-hybridized carbons (Fsp3) is 0.444. The first kappa shape index (κ1) is 27.3. The normalized spacial score (nSPS) is 11.8. The van der Waals surface area contributed by atoms with Gasteiger partial charge in [0.25, 0.3) is 5.89 Å². The molecule has 9 heteroatoms. The van der Waals surface area contributed by atoms with Crippen molar-refractivity contribution in [3.63, 3.8) is 0 Å². The number of halogens is 1. The number of hydrogen-bond acceptors (Lipinski definition) is 8. The molecule has 1 aromatic heterocycles. The first-order valence-corrected chi connectivity index (χ1v) is 11.8. The van der Waals surface area contributed by atoms with Gasteiger partial charge in [-0.15, -0.1) is 0 Å². The highest BCUT2D eigenvalue weighted by atomic mass is 19.1. The highest BCUT2D eigenvalue weighted by Crippen LogP contribution is 2.29. The number of carbonyl (C=O) groups excluding carboxylic acids is 1. The van der Waals surface area contributed by atoms with E-state index in [1.165, 1.54) is 6.07 Å². The van der Waals surface area contributed by atoms with Crippen LogP contribution in [0.1, 0.15) is 45.7 Å². The van der Waals surface area contributed by atoms with Gasteiger partial charge in [0.05, 0.1) is 19.3 Å². The van der Waals surface area contributed by atoms with E-state index in [0.29, 0.717) is 29.4 Å². The maximum absolute atomic E-state index is 14.5. The Morgan fingerprint density at radius 1 is 1.11 bits per heavy atom. The van der Waals surface area contributed by atoms with Crippen molar-refractivity contribution in [3.8, 4) is 28.6 Å². The lowest BCUT2D eigenvalue weighted by Gasteiger charge is -2.22. The average molecular weight is 500 g/mol. The number of methoxy groups -OCH3 is 1. The summed E-state index contributed by atoms with van der Waals surface area (Å²) < 4.78 is 36.5. The van der Waals surface area contributed by atoms with Crippen molar-refractivity contribution in [2.75, 3.05) is 20.7 Å². The summed E-state index contributed by atoms with van der Waals surface area (Å²) in [4.78, 5) is 18.3. The van der Waals surface area contributed by atoms with E-state index in [9.17, 15) is 9.18 Å². The molecule has 0 atom stereocenters. The maximum Gasteiger partial charge on any atom is 0.320 e. The summed E-state index contributed by atoms with van der Waals surface area (Å²) in [5, 5.41) is 4.09. The third-order valence-corrected chi connectivity index (χ3v) is 4.96. The zero-order valence-electron chi connectivity index (χ0n) is 21.9. The maximum atomic E-state index is 14.5. The second kappa shape index (κ2) is 11.6. The molecule has 0 radical (unpaired) electrons. The lowest BCUT2D eigenvalue weighted by molar-refractivity contribution is -0.155. The third kappa shape index (κ3) is 7.60. The van der Waals surface area contributed by atoms with E-state index >= 15 is 0 Å². The Morgan fingerprint density at radius 2 is 1.81 bits per heavy atom. The molecule has 0 unspecified atom stereocenters. The standard InChI is InChI=1S/C27H34FN3O5/c1-17(2)34-23-11-9-19(13-21(23)16-33-7)26-29-25(30-36-26)18-8-10-22(28)20(12-18)14-31(6)15-24(32)35-27(3,4)5/h8-13,17H,14-16H2,1-7H3. The molecule has 3 aromatic rings. The molecule has 8 nitrogen and oxygen atoms in total. The fourth-order valence-electron chi connectivity index (χ4n) is 3.58. The summed E-state index contributed by atoms with van der Waals surface area (Å²) in [6.07, 6.45) is 0.0253. The molecule has 0 aliphatic rings. The quantitative estimate of drug-likeness (QED) is 0.350. The van der Waals surface area contributed by atoms with Crippen LogP contribution in [-0.2, 0) is 27.4 Å². The fourth-order valence-corrected chi connectivity index (χ4v) is 3.58. The van der Waals surface area contributed by atoms with Crippen molar-refractivity contribution in [2.24, 2.45) is 0 Å². The molecular formula is C27H34FN3O5. The molecular weight excluding hydrogens is 465 g/mol. The summed E-state index contributed by atoms with van der Waals surface area (Å²) in [7, 11) is 3.35. The third-order valence-electron chi connectivity index (χ3n) is 4.96. The number of rotatable bonds is 10. The Morgan fingerprint density at radius 3 is 2.47 bits per heavy atom. The van der Waals surface area contributed by atoms with Gasteiger partial charge in [-0.1, -0.05) is 5.16 Å². The number of likely N-dealkylation sites (N-methyl/N-ethyl adjacent to an activating group) is 1.